The van der Waals surface area contributed by atoms with Crippen molar-refractivity contribution in [3.05, 3.63) is 22.4 Å². The maximum atomic E-state index is 6.31. The topological polar surface area (TPSA) is 32.5 Å². The minimum absolute atomic E-state index is 0.169. The van der Waals surface area contributed by atoms with E-state index in [1.807, 2.05) is 11.3 Å². The van der Waals surface area contributed by atoms with Gasteiger partial charge in [-0.25, -0.2) is 0 Å². The summed E-state index contributed by atoms with van der Waals surface area (Å²) in [5.74, 6) is 0. The predicted molar refractivity (Wildman–Crippen MR) is 92.7 cm³/mol. The van der Waals surface area contributed by atoms with E-state index in [1.165, 1.54) is 37.2 Å². The third kappa shape index (κ3) is 4.07. The third-order valence-corrected chi connectivity index (χ3v) is 5.84. The lowest BCUT2D eigenvalue weighted by Gasteiger charge is -2.45. The van der Waals surface area contributed by atoms with Crippen LogP contribution in [-0.4, -0.2) is 47.6 Å². The van der Waals surface area contributed by atoms with Gasteiger partial charge in [0.15, 0.2) is 0 Å². The highest BCUT2D eigenvalue weighted by Crippen LogP contribution is 2.32. The lowest BCUT2D eigenvalue weighted by Crippen LogP contribution is -2.56. The Morgan fingerprint density at radius 2 is 2.19 bits per heavy atom. The highest BCUT2D eigenvalue weighted by Gasteiger charge is 2.38. The second kappa shape index (κ2) is 7.73. The maximum Gasteiger partial charge on any atom is 0.0350 e. The zero-order valence-electron chi connectivity index (χ0n) is 13.8. The van der Waals surface area contributed by atoms with Crippen LogP contribution >= 0.6 is 11.3 Å². The highest BCUT2D eigenvalue weighted by molar-refractivity contribution is 7.09. The summed E-state index contributed by atoms with van der Waals surface area (Å²) in [6.07, 6.45) is 3.68. The number of likely N-dealkylation sites (tertiary alicyclic amines) is 1. The Hall–Kier alpha value is -0.420. The fraction of sp³-hybridized carbons (Fsp3) is 0.765. The molecule has 2 rings (SSSR count). The maximum absolute atomic E-state index is 6.31. The van der Waals surface area contributed by atoms with Gasteiger partial charge in [0.05, 0.1) is 0 Å². The van der Waals surface area contributed by atoms with E-state index in [9.17, 15) is 0 Å². The van der Waals surface area contributed by atoms with E-state index in [0.717, 1.165) is 19.6 Å². The minimum Gasteiger partial charge on any atom is -0.329 e. The normalized spacial score (nSPS) is 24.7. The van der Waals surface area contributed by atoms with Crippen LogP contribution in [0.15, 0.2) is 17.5 Å². The van der Waals surface area contributed by atoms with Crippen molar-refractivity contribution in [1.82, 2.24) is 9.80 Å². The van der Waals surface area contributed by atoms with Crippen LogP contribution in [-0.2, 0) is 6.54 Å². The Morgan fingerprint density at radius 3 is 2.76 bits per heavy atom. The van der Waals surface area contributed by atoms with Crippen molar-refractivity contribution in [1.29, 1.82) is 0 Å². The average molecular weight is 310 g/mol. The Kier molecular flexibility index (Phi) is 6.23. The van der Waals surface area contributed by atoms with Gasteiger partial charge < -0.3 is 10.6 Å². The lowest BCUT2D eigenvalue weighted by atomic mass is 9.87. The molecule has 1 atom stereocenters. The summed E-state index contributed by atoms with van der Waals surface area (Å²) in [6.45, 7) is 12.3. The second-order valence-electron chi connectivity index (χ2n) is 6.52. The van der Waals surface area contributed by atoms with Crippen LogP contribution in [0.1, 0.15) is 44.9 Å². The Balaban J connectivity index is 2.17. The van der Waals surface area contributed by atoms with Crippen molar-refractivity contribution in [2.24, 2.45) is 5.73 Å². The van der Waals surface area contributed by atoms with Crippen molar-refractivity contribution in [3.63, 3.8) is 0 Å². The number of nitrogens with two attached hydrogens (primary N) is 1. The van der Waals surface area contributed by atoms with Crippen molar-refractivity contribution >= 4 is 11.3 Å². The van der Waals surface area contributed by atoms with Crippen LogP contribution < -0.4 is 5.73 Å². The number of hydrogen-bond acceptors (Lipinski definition) is 4. The zero-order chi connectivity index (χ0) is 15.3. The molecule has 0 aromatic carbocycles. The molecule has 0 saturated carbocycles. The monoisotopic (exact) mass is 309 g/mol. The number of hydrogen-bond donors (Lipinski definition) is 1. The van der Waals surface area contributed by atoms with Gasteiger partial charge in [0.1, 0.15) is 0 Å². The van der Waals surface area contributed by atoms with Crippen molar-refractivity contribution in [2.45, 2.75) is 58.2 Å². The molecule has 2 N–H and O–H groups in total. The Labute approximate surface area is 134 Å². The van der Waals surface area contributed by atoms with Crippen LogP contribution in [0.5, 0.6) is 0 Å². The summed E-state index contributed by atoms with van der Waals surface area (Å²) < 4.78 is 0. The molecule has 1 unspecified atom stereocenters. The van der Waals surface area contributed by atoms with E-state index in [4.69, 9.17) is 5.73 Å². The first kappa shape index (κ1) is 16.9. The fourth-order valence-corrected chi connectivity index (χ4v) is 4.33. The molecule has 1 fully saturated rings. The van der Waals surface area contributed by atoms with Crippen molar-refractivity contribution in [2.75, 3.05) is 26.2 Å². The van der Waals surface area contributed by atoms with Gasteiger partial charge in [-0.1, -0.05) is 13.0 Å². The smallest absolute Gasteiger partial charge is 0.0350 e. The van der Waals surface area contributed by atoms with Gasteiger partial charge in [-0.05, 0) is 64.2 Å². The van der Waals surface area contributed by atoms with E-state index in [-0.39, 0.29) is 5.54 Å². The summed E-state index contributed by atoms with van der Waals surface area (Å²) in [6, 6.07) is 4.93. The predicted octanol–water partition coefficient (Wildman–Crippen LogP) is 3.16. The molecular weight excluding hydrogens is 278 g/mol. The third-order valence-electron chi connectivity index (χ3n) is 4.98. The zero-order valence-corrected chi connectivity index (χ0v) is 14.7. The average Bonchev–Trinajstić information content (AvgIpc) is 2.90. The fourth-order valence-electron chi connectivity index (χ4n) is 3.63. The number of nitrogens with zero attached hydrogens (tertiary/aromatic N) is 2. The molecule has 1 aliphatic rings. The van der Waals surface area contributed by atoms with E-state index >= 15 is 0 Å². The van der Waals surface area contributed by atoms with Gasteiger partial charge in [0.2, 0.25) is 0 Å². The summed E-state index contributed by atoms with van der Waals surface area (Å²) >= 11 is 1.86. The molecule has 1 aliphatic heterocycles. The molecule has 120 valence electrons. The largest absolute Gasteiger partial charge is 0.329 e. The van der Waals surface area contributed by atoms with Crippen LogP contribution in [0.25, 0.3) is 0 Å². The van der Waals surface area contributed by atoms with Crippen LogP contribution in [0.3, 0.4) is 0 Å². The molecular formula is C17H31N3S. The molecule has 1 aromatic rings. The molecule has 0 radical (unpaired) electrons. The van der Waals surface area contributed by atoms with E-state index < -0.39 is 0 Å². The van der Waals surface area contributed by atoms with E-state index in [1.54, 1.807) is 0 Å². The summed E-state index contributed by atoms with van der Waals surface area (Å²) in [5, 5.41) is 2.18. The van der Waals surface area contributed by atoms with Crippen LogP contribution in [0, 0.1) is 0 Å². The van der Waals surface area contributed by atoms with E-state index in [2.05, 4.69) is 48.1 Å². The molecule has 3 nitrogen and oxygen atoms in total. The molecule has 0 bridgehead atoms. The van der Waals surface area contributed by atoms with Gasteiger partial charge in [-0.15, -0.1) is 11.3 Å². The van der Waals surface area contributed by atoms with Gasteiger partial charge >= 0.3 is 0 Å². The molecule has 4 heteroatoms. The number of rotatable bonds is 6. The summed E-state index contributed by atoms with van der Waals surface area (Å²) in [7, 11) is 0. The molecule has 21 heavy (non-hydrogen) atoms. The quantitative estimate of drug-likeness (QED) is 0.876. The highest BCUT2D eigenvalue weighted by atomic mass is 32.1. The Bertz CT molecular complexity index is 404. The first-order valence-corrected chi connectivity index (χ1v) is 9.21. The van der Waals surface area contributed by atoms with Gasteiger partial charge in [-0.2, -0.15) is 0 Å². The first-order chi connectivity index (χ1) is 10.1. The molecule has 0 aliphatic carbocycles. The van der Waals surface area contributed by atoms with Crippen molar-refractivity contribution < 1.29 is 0 Å². The lowest BCUT2D eigenvalue weighted by molar-refractivity contribution is 0.0410. The van der Waals surface area contributed by atoms with Gasteiger partial charge in [-0.3, -0.25) is 4.90 Å². The van der Waals surface area contributed by atoms with Gasteiger partial charge in [0.25, 0.3) is 0 Å². The first-order valence-electron chi connectivity index (χ1n) is 8.33. The molecule has 1 saturated heterocycles. The van der Waals surface area contributed by atoms with Crippen LogP contribution in [0.2, 0.25) is 0 Å². The van der Waals surface area contributed by atoms with Gasteiger partial charge in [0, 0.05) is 29.5 Å². The Morgan fingerprint density at radius 1 is 1.38 bits per heavy atom. The number of thiophene rings is 1. The van der Waals surface area contributed by atoms with Crippen molar-refractivity contribution in [3.8, 4) is 0 Å². The second-order valence-corrected chi connectivity index (χ2v) is 7.55. The molecule has 2 heterocycles. The van der Waals surface area contributed by atoms with E-state index in [0.29, 0.717) is 6.04 Å². The minimum atomic E-state index is 0.169. The van der Waals surface area contributed by atoms with Crippen LogP contribution in [0.4, 0.5) is 0 Å². The molecule has 0 spiro atoms. The summed E-state index contributed by atoms with van der Waals surface area (Å²) in [5.41, 5.74) is 6.47. The summed E-state index contributed by atoms with van der Waals surface area (Å²) in [4.78, 5) is 6.69. The molecule has 0 amide bonds. The SMILES string of the molecule is CCN1CCCC(CN)(N(Cc2cccs2)C(C)C)CC1. The standard InChI is InChI=1S/C17H31N3S/c1-4-19-10-6-8-17(14-18,9-11-19)20(15(2)3)13-16-7-5-12-21-16/h5,7,12,15H,4,6,8-11,13-14,18H2,1-3H3. The molecule has 1 aromatic heterocycles.